The predicted octanol–water partition coefficient (Wildman–Crippen LogP) is 2.42. The molecule has 1 aromatic carbocycles. The fraction of sp³-hybridized carbons (Fsp3) is 0.522. The lowest BCUT2D eigenvalue weighted by molar-refractivity contribution is -0.144. The molecule has 0 amide bonds. The summed E-state index contributed by atoms with van der Waals surface area (Å²) in [5.74, 6) is 0.936. The van der Waals surface area contributed by atoms with Crippen LogP contribution in [0.1, 0.15) is 50.4 Å². The molecule has 0 bridgehead atoms. The Bertz CT molecular complexity index is 1150. The van der Waals surface area contributed by atoms with Gasteiger partial charge in [0.25, 0.3) is 5.56 Å². The van der Waals surface area contributed by atoms with Crippen molar-refractivity contribution in [2.45, 2.75) is 64.7 Å². The normalized spacial score (nSPS) is 14.6. The van der Waals surface area contributed by atoms with Crippen LogP contribution in [-0.2, 0) is 29.2 Å². The van der Waals surface area contributed by atoms with E-state index in [1.54, 1.807) is 14.0 Å². The van der Waals surface area contributed by atoms with Crippen LogP contribution in [0, 0.1) is 0 Å². The highest BCUT2D eigenvalue weighted by molar-refractivity contribution is 5.80. The van der Waals surface area contributed by atoms with Crippen LogP contribution in [-0.4, -0.2) is 55.8 Å². The second kappa shape index (κ2) is 10.6. The number of benzene rings is 1. The average Bonchev–Trinajstić information content (AvgIpc) is 3.25. The molecule has 0 saturated heterocycles. The van der Waals surface area contributed by atoms with Crippen molar-refractivity contribution in [2.24, 2.45) is 0 Å². The van der Waals surface area contributed by atoms with Gasteiger partial charge in [0.05, 0.1) is 20.3 Å². The smallest absolute Gasteiger partial charge is 0.327 e. The molecule has 1 fully saturated rings. The first kappa shape index (κ1) is 22.9. The van der Waals surface area contributed by atoms with E-state index < -0.39 is 0 Å². The number of pyridine rings is 1. The molecule has 3 aromatic rings. The van der Waals surface area contributed by atoms with E-state index in [1.807, 2.05) is 24.3 Å². The van der Waals surface area contributed by atoms with Gasteiger partial charge in [0.15, 0.2) is 5.82 Å². The van der Waals surface area contributed by atoms with Crippen molar-refractivity contribution in [1.29, 1.82) is 0 Å². The van der Waals surface area contributed by atoms with Gasteiger partial charge in [-0.1, -0.05) is 19.3 Å². The Labute approximate surface area is 191 Å². The zero-order chi connectivity index (χ0) is 23.2. The van der Waals surface area contributed by atoms with E-state index in [1.165, 1.54) is 11.1 Å². The van der Waals surface area contributed by atoms with Crippen molar-refractivity contribution in [2.75, 3.05) is 13.7 Å². The van der Waals surface area contributed by atoms with Gasteiger partial charge in [-0.25, -0.2) is 4.68 Å². The second-order valence-electron chi connectivity index (χ2n) is 8.33. The van der Waals surface area contributed by atoms with Gasteiger partial charge in [-0.05, 0) is 54.5 Å². The van der Waals surface area contributed by atoms with E-state index in [4.69, 9.17) is 9.47 Å². The number of nitrogens with one attached hydrogen (secondary N) is 1. The summed E-state index contributed by atoms with van der Waals surface area (Å²) in [4.78, 5) is 30.1. The lowest BCUT2D eigenvalue weighted by atomic mass is 9.93. The molecule has 10 heteroatoms. The maximum Gasteiger partial charge on any atom is 0.327 e. The average molecular weight is 455 g/mol. The SMILES string of the molecule is CCOC(=O)Cn1nnnc1CN(Cc1cc2cc(OC)ccc2[nH]c1=O)C1CCCCC1. The number of carbonyl (C=O) groups excluding carboxylic acids is 1. The monoisotopic (exact) mass is 454 g/mol. The zero-order valence-corrected chi connectivity index (χ0v) is 19.1. The number of hydrogen-bond donors (Lipinski definition) is 1. The van der Waals surface area contributed by atoms with Crippen LogP contribution in [0.4, 0.5) is 0 Å². The van der Waals surface area contributed by atoms with Crippen LogP contribution >= 0.6 is 0 Å². The summed E-state index contributed by atoms with van der Waals surface area (Å²) in [7, 11) is 1.62. The van der Waals surface area contributed by atoms with E-state index >= 15 is 0 Å². The number of methoxy groups -OCH3 is 1. The van der Waals surface area contributed by atoms with Gasteiger partial charge in [-0.3, -0.25) is 14.5 Å². The quantitative estimate of drug-likeness (QED) is 0.490. The number of ether oxygens (including phenoxy) is 2. The highest BCUT2D eigenvalue weighted by Gasteiger charge is 2.25. The van der Waals surface area contributed by atoms with Gasteiger partial charge < -0.3 is 14.5 Å². The van der Waals surface area contributed by atoms with Crippen molar-refractivity contribution < 1.29 is 14.3 Å². The fourth-order valence-electron chi connectivity index (χ4n) is 4.42. The third kappa shape index (κ3) is 5.57. The lowest BCUT2D eigenvalue weighted by Crippen LogP contribution is -2.38. The molecule has 1 aliphatic carbocycles. The molecule has 1 N–H and O–H groups in total. The Balaban J connectivity index is 1.61. The predicted molar refractivity (Wildman–Crippen MR) is 122 cm³/mol. The van der Waals surface area contributed by atoms with Crippen molar-refractivity contribution >= 4 is 16.9 Å². The summed E-state index contributed by atoms with van der Waals surface area (Å²) in [5.41, 5.74) is 1.33. The molecule has 0 aliphatic heterocycles. The lowest BCUT2D eigenvalue weighted by Gasteiger charge is -2.33. The number of nitrogens with zero attached hydrogens (tertiary/aromatic N) is 5. The molecule has 33 heavy (non-hydrogen) atoms. The minimum absolute atomic E-state index is 0.0367. The summed E-state index contributed by atoms with van der Waals surface area (Å²) in [6, 6.07) is 7.83. The van der Waals surface area contributed by atoms with Crippen LogP contribution in [0.5, 0.6) is 5.75 Å². The fourth-order valence-corrected chi connectivity index (χ4v) is 4.42. The first-order valence-corrected chi connectivity index (χ1v) is 11.4. The number of hydrogen-bond acceptors (Lipinski definition) is 8. The summed E-state index contributed by atoms with van der Waals surface area (Å²) in [5, 5.41) is 12.8. The maximum absolute atomic E-state index is 12.9. The van der Waals surface area contributed by atoms with Crippen molar-refractivity contribution in [1.82, 2.24) is 30.1 Å². The number of aromatic amines is 1. The largest absolute Gasteiger partial charge is 0.497 e. The van der Waals surface area contributed by atoms with Crippen LogP contribution < -0.4 is 10.3 Å². The summed E-state index contributed by atoms with van der Waals surface area (Å²) >= 11 is 0. The standard InChI is InChI=1S/C23H30N6O4/c1-3-33-22(30)15-29-21(25-26-27-29)14-28(18-7-5-4-6-8-18)13-17-11-16-12-19(32-2)9-10-20(16)24-23(17)31/h9-12,18H,3-8,13-15H2,1-2H3,(H,24,31). The summed E-state index contributed by atoms with van der Waals surface area (Å²) in [6.07, 6.45) is 5.64. The molecule has 1 saturated carbocycles. The maximum atomic E-state index is 12.9. The van der Waals surface area contributed by atoms with Crippen molar-refractivity contribution in [3.8, 4) is 5.75 Å². The minimum atomic E-state index is -0.379. The van der Waals surface area contributed by atoms with Gasteiger partial charge in [-0.2, -0.15) is 0 Å². The number of H-pyrrole nitrogens is 1. The summed E-state index contributed by atoms with van der Waals surface area (Å²) in [6.45, 7) is 2.93. The number of esters is 1. The molecule has 1 aliphatic rings. The third-order valence-electron chi connectivity index (χ3n) is 6.13. The molecule has 0 unspecified atom stereocenters. The third-order valence-corrected chi connectivity index (χ3v) is 6.13. The van der Waals surface area contributed by atoms with Gasteiger partial charge in [-0.15, -0.1) is 5.10 Å². The molecule has 2 aromatic heterocycles. The molecule has 10 nitrogen and oxygen atoms in total. The van der Waals surface area contributed by atoms with Crippen LogP contribution in [0.2, 0.25) is 0 Å². The Hall–Kier alpha value is -3.27. The van der Waals surface area contributed by atoms with Gasteiger partial charge in [0, 0.05) is 29.1 Å². The van der Waals surface area contributed by atoms with Crippen molar-refractivity contribution in [3.63, 3.8) is 0 Å². The number of carbonyl (C=O) groups is 1. The highest BCUT2D eigenvalue weighted by Crippen LogP contribution is 2.26. The molecule has 176 valence electrons. The Morgan fingerprint density at radius 3 is 2.79 bits per heavy atom. The van der Waals surface area contributed by atoms with Crippen LogP contribution in [0.25, 0.3) is 10.9 Å². The topological polar surface area (TPSA) is 115 Å². The van der Waals surface area contributed by atoms with Gasteiger partial charge >= 0.3 is 5.97 Å². The second-order valence-corrected chi connectivity index (χ2v) is 8.33. The number of tetrazole rings is 1. The Kier molecular flexibility index (Phi) is 7.33. The summed E-state index contributed by atoms with van der Waals surface area (Å²) < 4.78 is 11.8. The number of rotatable bonds is 9. The molecule has 0 atom stereocenters. The number of fused-ring (bicyclic) bond motifs is 1. The van der Waals surface area contributed by atoms with E-state index in [-0.39, 0.29) is 18.1 Å². The highest BCUT2D eigenvalue weighted by atomic mass is 16.5. The molecule has 0 radical (unpaired) electrons. The first-order chi connectivity index (χ1) is 16.1. The van der Waals surface area contributed by atoms with Crippen molar-refractivity contribution in [3.05, 3.63) is 46.0 Å². The van der Waals surface area contributed by atoms with Gasteiger partial charge in [0.2, 0.25) is 0 Å². The van der Waals surface area contributed by atoms with Crippen LogP contribution in [0.15, 0.2) is 29.1 Å². The van der Waals surface area contributed by atoms with E-state index in [2.05, 4.69) is 25.4 Å². The number of aromatic nitrogens is 5. The van der Waals surface area contributed by atoms with E-state index in [0.717, 1.165) is 42.3 Å². The molecular weight excluding hydrogens is 424 g/mol. The van der Waals surface area contributed by atoms with E-state index in [9.17, 15) is 9.59 Å². The van der Waals surface area contributed by atoms with Crippen LogP contribution in [0.3, 0.4) is 0 Å². The first-order valence-electron chi connectivity index (χ1n) is 11.4. The molecular formula is C23H30N6O4. The molecule has 4 rings (SSSR count). The minimum Gasteiger partial charge on any atom is -0.497 e. The molecule has 0 spiro atoms. The Morgan fingerprint density at radius 1 is 1.21 bits per heavy atom. The van der Waals surface area contributed by atoms with E-state index in [0.29, 0.717) is 37.1 Å². The van der Waals surface area contributed by atoms with Gasteiger partial charge in [0.1, 0.15) is 12.3 Å². The Morgan fingerprint density at radius 2 is 2.03 bits per heavy atom. The molecule has 2 heterocycles. The zero-order valence-electron chi connectivity index (χ0n) is 19.1.